The molecule has 3 N–H and O–H groups in total. The number of pyridine rings is 2. The van der Waals surface area contributed by atoms with Crippen molar-refractivity contribution in [2.45, 2.75) is 12.2 Å². The smallest absolute Gasteiger partial charge is 0.120 e. The quantitative estimate of drug-likeness (QED) is 0.566. The number of hydrogen-bond donors (Lipinski definition) is 3. The second-order valence-corrected chi connectivity index (χ2v) is 4.68. The van der Waals surface area contributed by atoms with E-state index < -0.39 is 12.2 Å². The third-order valence-corrected chi connectivity index (χ3v) is 3.69. The Bertz CT molecular complexity index is 781. The van der Waals surface area contributed by atoms with Crippen molar-refractivity contribution in [3.8, 4) is 0 Å². The van der Waals surface area contributed by atoms with Crippen molar-refractivity contribution in [2.24, 2.45) is 0 Å². The number of aliphatic hydroxyl groups excluding tert-OH is 2. The van der Waals surface area contributed by atoms with E-state index in [2.05, 4.69) is 15.0 Å². The second kappa shape index (κ2) is 3.63. The lowest BCUT2D eigenvalue weighted by Crippen LogP contribution is -2.17. The van der Waals surface area contributed by atoms with Gasteiger partial charge in [0.25, 0.3) is 0 Å². The first-order valence-electron chi connectivity index (χ1n) is 6.03. The molecule has 0 saturated carbocycles. The SMILES string of the molecule is OC1c2ccncc2C(O)c2c1[nH]c1ccncc21. The molecule has 0 spiro atoms. The summed E-state index contributed by atoms with van der Waals surface area (Å²) in [6, 6.07) is 3.56. The second-order valence-electron chi connectivity index (χ2n) is 4.68. The number of aromatic amines is 1. The van der Waals surface area contributed by atoms with Crippen LogP contribution in [0.15, 0.2) is 36.9 Å². The zero-order chi connectivity index (χ0) is 13.0. The number of nitrogens with one attached hydrogen (secondary N) is 1. The summed E-state index contributed by atoms with van der Waals surface area (Å²) in [5, 5.41) is 21.8. The highest BCUT2D eigenvalue weighted by molar-refractivity contribution is 5.85. The molecular weight excluding hydrogens is 242 g/mol. The van der Waals surface area contributed by atoms with E-state index in [-0.39, 0.29) is 0 Å². The van der Waals surface area contributed by atoms with Crippen LogP contribution in [0.25, 0.3) is 10.9 Å². The van der Waals surface area contributed by atoms with Gasteiger partial charge in [-0.05, 0) is 17.7 Å². The van der Waals surface area contributed by atoms with Crippen LogP contribution in [0.4, 0.5) is 0 Å². The molecule has 0 saturated heterocycles. The van der Waals surface area contributed by atoms with E-state index in [4.69, 9.17) is 0 Å². The molecule has 0 fully saturated rings. The maximum atomic E-state index is 10.5. The zero-order valence-electron chi connectivity index (χ0n) is 9.91. The van der Waals surface area contributed by atoms with E-state index in [1.165, 1.54) is 0 Å². The van der Waals surface area contributed by atoms with Crippen LogP contribution in [0, 0.1) is 0 Å². The van der Waals surface area contributed by atoms with Crippen LogP contribution < -0.4 is 0 Å². The Morgan fingerprint density at radius 3 is 2.63 bits per heavy atom. The standard InChI is InChI=1S/C14H11N3O2/c18-13-8-5-15-3-1-7(8)14(19)12-11(13)9-6-16-4-2-10(9)17-12/h1-6,13-14,17-19H. The molecule has 0 amide bonds. The molecule has 0 bridgehead atoms. The van der Waals surface area contributed by atoms with Gasteiger partial charge in [-0.15, -0.1) is 0 Å². The molecule has 5 heteroatoms. The van der Waals surface area contributed by atoms with Crippen molar-refractivity contribution < 1.29 is 10.2 Å². The predicted molar refractivity (Wildman–Crippen MR) is 68.5 cm³/mol. The van der Waals surface area contributed by atoms with Gasteiger partial charge >= 0.3 is 0 Å². The van der Waals surface area contributed by atoms with E-state index in [0.29, 0.717) is 22.4 Å². The molecule has 3 aromatic rings. The van der Waals surface area contributed by atoms with Crippen molar-refractivity contribution >= 4 is 10.9 Å². The van der Waals surface area contributed by atoms with Crippen LogP contribution in [-0.4, -0.2) is 25.2 Å². The molecule has 0 aliphatic heterocycles. The third kappa shape index (κ3) is 1.31. The largest absolute Gasteiger partial charge is 0.383 e. The lowest BCUT2D eigenvalue weighted by molar-refractivity contribution is 0.171. The summed E-state index contributed by atoms with van der Waals surface area (Å²) in [6.45, 7) is 0. The molecule has 0 aromatic carbocycles. The molecule has 1 aliphatic carbocycles. The van der Waals surface area contributed by atoms with Crippen LogP contribution in [0.1, 0.15) is 34.6 Å². The summed E-state index contributed by atoms with van der Waals surface area (Å²) in [7, 11) is 0. The Hall–Kier alpha value is -2.24. The molecule has 3 heterocycles. The van der Waals surface area contributed by atoms with Crippen molar-refractivity contribution in [2.75, 3.05) is 0 Å². The first kappa shape index (κ1) is 10.7. The number of H-pyrrole nitrogens is 1. The first-order chi connectivity index (χ1) is 9.27. The molecule has 2 atom stereocenters. The van der Waals surface area contributed by atoms with Crippen LogP contribution in [0.5, 0.6) is 0 Å². The minimum atomic E-state index is -0.792. The van der Waals surface area contributed by atoms with Gasteiger partial charge in [0.1, 0.15) is 12.2 Å². The minimum absolute atomic E-state index is 0.634. The third-order valence-electron chi connectivity index (χ3n) is 3.69. The number of aliphatic hydroxyl groups is 2. The van der Waals surface area contributed by atoms with Gasteiger partial charge in [-0.2, -0.15) is 0 Å². The van der Waals surface area contributed by atoms with E-state index >= 15 is 0 Å². The highest BCUT2D eigenvalue weighted by Gasteiger charge is 2.33. The molecule has 1 aliphatic rings. The average molecular weight is 253 g/mol. The molecule has 0 radical (unpaired) electrons. The Labute approximate surface area is 108 Å². The van der Waals surface area contributed by atoms with Crippen molar-refractivity contribution in [3.05, 3.63) is 59.3 Å². The number of fused-ring (bicyclic) bond motifs is 4. The van der Waals surface area contributed by atoms with Gasteiger partial charge in [0.05, 0.1) is 5.69 Å². The number of nitrogens with zero attached hydrogens (tertiary/aromatic N) is 2. The summed E-state index contributed by atoms with van der Waals surface area (Å²) in [5.41, 5.74) is 3.52. The van der Waals surface area contributed by atoms with Crippen LogP contribution >= 0.6 is 0 Å². The van der Waals surface area contributed by atoms with Gasteiger partial charge < -0.3 is 15.2 Å². The van der Waals surface area contributed by atoms with Crippen molar-refractivity contribution in [1.29, 1.82) is 0 Å². The van der Waals surface area contributed by atoms with Crippen LogP contribution in [-0.2, 0) is 0 Å². The summed E-state index contributed by atoms with van der Waals surface area (Å²) in [4.78, 5) is 11.3. The van der Waals surface area contributed by atoms with Crippen LogP contribution in [0.2, 0.25) is 0 Å². The molecule has 5 nitrogen and oxygen atoms in total. The lowest BCUT2D eigenvalue weighted by atomic mass is 9.86. The summed E-state index contributed by atoms with van der Waals surface area (Å²) in [6.07, 6.45) is 5.02. The highest BCUT2D eigenvalue weighted by Crippen LogP contribution is 2.43. The van der Waals surface area contributed by atoms with Gasteiger partial charge in [-0.25, -0.2) is 0 Å². The number of aromatic nitrogens is 3. The van der Waals surface area contributed by atoms with Gasteiger partial charge in [0.15, 0.2) is 0 Å². The fourth-order valence-electron chi connectivity index (χ4n) is 2.79. The Kier molecular flexibility index (Phi) is 2.04. The van der Waals surface area contributed by atoms with Gasteiger partial charge in [-0.1, -0.05) is 0 Å². The van der Waals surface area contributed by atoms with Crippen molar-refractivity contribution in [3.63, 3.8) is 0 Å². The maximum absolute atomic E-state index is 10.5. The summed E-state index contributed by atoms with van der Waals surface area (Å²) < 4.78 is 0. The fraction of sp³-hybridized carbons (Fsp3) is 0.143. The Morgan fingerprint density at radius 2 is 1.74 bits per heavy atom. The van der Waals surface area contributed by atoms with Gasteiger partial charge in [-0.3, -0.25) is 9.97 Å². The van der Waals surface area contributed by atoms with E-state index in [1.807, 2.05) is 6.07 Å². The molecule has 19 heavy (non-hydrogen) atoms. The molecular formula is C14H11N3O2. The molecule has 3 aromatic heterocycles. The van der Waals surface area contributed by atoms with E-state index in [0.717, 1.165) is 10.9 Å². The number of hydrogen-bond acceptors (Lipinski definition) is 4. The molecule has 2 unspecified atom stereocenters. The fourth-order valence-corrected chi connectivity index (χ4v) is 2.79. The van der Waals surface area contributed by atoms with E-state index in [1.54, 1.807) is 30.9 Å². The Balaban J connectivity index is 2.07. The maximum Gasteiger partial charge on any atom is 0.120 e. The zero-order valence-corrected chi connectivity index (χ0v) is 9.91. The topological polar surface area (TPSA) is 82.0 Å². The summed E-state index contributed by atoms with van der Waals surface area (Å²) >= 11 is 0. The molecule has 94 valence electrons. The Morgan fingerprint density at radius 1 is 0.947 bits per heavy atom. The molecule has 4 rings (SSSR count). The minimum Gasteiger partial charge on any atom is -0.383 e. The highest BCUT2D eigenvalue weighted by atomic mass is 16.3. The van der Waals surface area contributed by atoms with Crippen LogP contribution in [0.3, 0.4) is 0 Å². The van der Waals surface area contributed by atoms with Gasteiger partial charge in [0.2, 0.25) is 0 Å². The van der Waals surface area contributed by atoms with Crippen molar-refractivity contribution in [1.82, 2.24) is 15.0 Å². The van der Waals surface area contributed by atoms with Gasteiger partial charge in [0, 0.05) is 46.8 Å². The van der Waals surface area contributed by atoms with E-state index in [9.17, 15) is 10.2 Å². The average Bonchev–Trinajstić information content (AvgIpc) is 2.84. The normalized spacial score (nSPS) is 21.2. The monoisotopic (exact) mass is 253 g/mol. The lowest BCUT2D eigenvalue weighted by Gasteiger charge is -2.25. The summed E-state index contributed by atoms with van der Waals surface area (Å²) in [5.74, 6) is 0. The first-order valence-corrected chi connectivity index (χ1v) is 6.03. The predicted octanol–water partition coefficient (Wildman–Crippen LogP) is 1.43. The number of rotatable bonds is 0.